The molecule has 2 aromatic heterocycles. The van der Waals surface area contributed by atoms with Gasteiger partial charge in [-0.25, -0.2) is 0 Å². The average molecular weight is 389 g/mol. The van der Waals surface area contributed by atoms with Gasteiger partial charge in [0.1, 0.15) is 5.54 Å². The monoisotopic (exact) mass is 389 g/mol. The number of amides is 1. The molecule has 2 saturated heterocycles. The van der Waals surface area contributed by atoms with Crippen molar-refractivity contribution in [3.05, 3.63) is 72.4 Å². The minimum atomic E-state index is -0.231. The lowest BCUT2D eigenvalue weighted by Crippen LogP contribution is -2.48. The lowest BCUT2D eigenvalue weighted by atomic mass is 9.79. The molecule has 3 aromatic rings. The summed E-state index contributed by atoms with van der Waals surface area (Å²) in [6, 6.07) is 16.2. The molecule has 2 fully saturated rings. The third kappa shape index (κ3) is 2.48. The number of rotatable bonds is 1. The first-order valence-electron chi connectivity index (χ1n) is 10.2. The van der Waals surface area contributed by atoms with E-state index in [1.54, 1.807) is 18.4 Å². The maximum absolute atomic E-state index is 12.6. The first-order chi connectivity index (χ1) is 14.2. The highest BCUT2D eigenvalue weighted by atomic mass is 16.5. The zero-order chi connectivity index (χ0) is 19.5. The number of carbonyl (C=O) groups excluding carboxylic acids is 1. The second kappa shape index (κ2) is 6.00. The summed E-state index contributed by atoms with van der Waals surface area (Å²) in [4.78, 5) is 14.5. The van der Waals surface area contributed by atoms with Crippen LogP contribution >= 0.6 is 0 Å². The first-order valence-corrected chi connectivity index (χ1v) is 10.2. The summed E-state index contributed by atoms with van der Waals surface area (Å²) >= 11 is 0. The number of hydrogen-bond acceptors (Lipinski definition) is 4. The van der Waals surface area contributed by atoms with Crippen LogP contribution in [0.1, 0.15) is 35.5 Å². The van der Waals surface area contributed by atoms with Crippen LogP contribution in [0.4, 0.5) is 5.69 Å². The molecule has 6 heteroatoms. The third-order valence-corrected chi connectivity index (χ3v) is 6.72. The van der Waals surface area contributed by atoms with Crippen molar-refractivity contribution in [2.24, 2.45) is 0 Å². The summed E-state index contributed by atoms with van der Waals surface area (Å²) in [5, 5.41) is 3.80. The van der Waals surface area contributed by atoms with Crippen LogP contribution in [-0.2, 0) is 10.3 Å². The van der Waals surface area contributed by atoms with E-state index < -0.39 is 0 Å². The van der Waals surface area contributed by atoms with Crippen LogP contribution in [0.15, 0.2) is 65.4 Å². The second-order valence-corrected chi connectivity index (χ2v) is 8.41. The quantitative estimate of drug-likeness (QED) is 0.688. The van der Waals surface area contributed by atoms with Crippen molar-refractivity contribution in [1.82, 2.24) is 9.47 Å². The van der Waals surface area contributed by atoms with E-state index in [0.29, 0.717) is 25.5 Å². The Hall–Kier alpha value is -2.99. The number of likely N-dealkylation sites (tertiary alicyclic amines) is 1. The number of anilines is 1. The van der Waals surface area contributed by atoms with Gasteiger partial charge in [0.15, 0.2) is 5.76 Å². The van der Waals surface area contributed by atoms with Gasteiger partial charge in [0, 0.05) is 25.7 Å². The van der Waals surface area contributed by atoms with Crippen molar-refractivity contribution >= 4 is 11.6 Å². The molecule has 2 spiro atoms. The zero-order valence-corrected chi connectivity index (χ0v) is 16.1. The van der Waals surface area contributed by atoms with Crippen molar-refractivity contribution in [2.75, 3.05) is 25.0 Å². The van der Waals surface area contributed by atoms with E-state index in [0.717, 1.165) is 24.9 Å². The van der Waals surface area contributed by atoms with E-state index in [9.17, 15) is 4.79 Å². The number of piperidine rings is 1. The molecule has 6 nitrogen and oxygen atoms in total. The number of hydrogen-bond donors (Lipinski definition) is 1. The number of nitrogens with one attached hydrogen (secondary N) is 1. The highest BCUT2D eigenvalue weighted by Gasteiger charge is 2.54. The van der Waals surface area contributed by atoms with Gasteiger partial charge in [-0.1, -0.05) is 12.1 Å². The Balaban J connectivity index is 1.25. The van der Waals surface area contributed by atoms with Crippen LogP contribution in [0, 0.1) is 0 Å². The SMILES string of the molecule is O=C(c1ccco1)N1CCC2(CC1)C[C@]1(CO2)Nc2ccccc2-n2cccc21. The highest BCUT2D eigenvalue weighted by Crippen LogP contribution is 2.50. The Morgan fingerprint density at radius 3 is 2.72 bits per heavy atom. The molecule has 6 rings (SSSR count). The number of fused-ring (bicyclic) bond motifs is 4. The van der Waals surface area contributed by atoms with Crippen LogP contribution in [0.25, 0.3) is 5.69 Å². The Morgan fingerprint density at radius 2 is 1.90 bits per heavy atom. The zero-order valence-electron chi connectivity index (χ0n) is 16.1. The Kier molecular flexibility index (Phi) is 3.50. The van der Waals surface area contributed by atoms with Gasteiger partial charge >= 0.3 is 0 Å². The normalized spacial score (nSPS) is 24.3. The molecule has 0 aliphatic carbocycles. The van der Waals surface area contributed by atoms with Crippen molar-refractivity contribution in [3.8, 4) is 5.69 Å². The van der Waals surface area contributed by atoms with Crippen LogP contribution < -0.4 is 5.32 Å². The molecular formula is C23H23N3O3. The molecule has 3 aliphatic rings. The average Bonchev–Trinajstić information content (AvgIpc) is 3.50. The topological polar surface area (TPSA) is 59.6 Å². The van der Waals surface area contributed by atoms with Crippen molar-refractivity contribution in [1.29, 1.82) is 0 Å². The Morgan fingerprint density at radius 1 is 1.03 bits per heavy atom. The maximum atomic E-state index is 12.6. The summed E-state index contributed by atoms with van der Waals surface area (Å²) in [5.74, 6) is 0.379. The summed E-state index contributed by atoms with van der Waals surface area (Å²) in [5.41, 5.74) is 3.14. The van der Waals surface area contributed by atoms with E-state index in [4.69, 9.17) is 9.15 Å². The smallest absolute Gasteiger partial charge is 0.289 e. The predicted molar refractivity (Wildman–Crippen MR) is 108 cm³/mol. The predicted octanol–water partition coefficient (Wildman–Crippen LogP) is 3.79. The number of benzene rings is 1. The third-order valence-electron chi connectivity index (χ3n) is 6.72. The first kappa shape index (κ1) is 16.9. The van der Waals surface area contributed by atoms with E-state index >= 15 is 0 Å². The number of furan rings is 1. The minimum absolute atomic E-state index is 0.0313. The largest absolute Gasteiger partial charge is 0.459 e. The van der Waals surface area contributed by atoms with Crippen LogP contribution in [0.5, 0.6) is 0 Å². The number of para-hydroxylation sites is 2. The molecule has 1 aromatic carbocycles. The molecule has 0 bridgehead atoms. The number of carbonyl (C=O) groups is 1. The van der Waals surface area contributed by atoms with Gasteiger partial charge in [-0.2, -0.15) is 0 Å². The van der Waals surface area contributed by atoms with Crippen molar-refractivity contribution in [3.63, 3.8) is 0 Å². The van der Waals surface area contributed by atoms with Crippen molar-refractivity contribution < 1.29 is 13.9 Å². The molecular weight excluding hydrogens is 366 g/mol. The van der Waals surface area contributed by atoms with Crippen LogP contribution in [-0.4, -0.2) is 40.7 Å². The highest BCUT2D eigenvalue weighted by molar-refractivity contribution is 5.91. The molecule has 0 saturated carbocycles. The van der Waals surface area contributed by atoms with Crippen LogP contribution in [0.2, 0.25) is 0 Å². The van der Waals surface area contributed by atoms with Gasteiger partial charge in [0.2, 0.25) is 0 Å². The van der Waals surface area contributed by atoms with Gasteiger partial charge in [0.25, 0.3) is 5.91 Å². The van der Waals surface area contributed by atoms with Gasteiger partial charge in [-0.05, 0) is 49.2 Å². The molecule has 1 atom stereocenters. The molecule has 0 radical (unpaired) electrons. The van der Waals surface area contributed by atoms with Gasteiger partial charge in [-0.3, -0.25) is 4.79 Å². The summed E-state index contributed by atoms with van der Waals surface area (Å²) < 4.78 is 14.1. The molecule has 1 amide bonds. The van der Waals surface area contributed by atoms with Gasteiger partial charge in [-0.15, -0.1) is 0 Å². The molecule has 148 valence electrons. The lowest BCUT2D eigenvalue weighted by molar-refractivity contribution is -0.0396. The van der Waals surface area contributed by atoms with Crippen LogP contribution in [0.3, 0.4) is 0 Å². The van der Waals surface area contributed by atoms with Crippen molar-refractivity contribution in [2.45, 2.75) is 30.4 Å². The van der Waals surface area contributed by atoms with E-state index in [1.807, 2.05) is 4.90 Å². The molecule has 29 heavy (non-hydrogen) atoms. The number of aromatic nitrogens is 1. The lowest BCUT2D eigenvalue weighted by Gasteiger charge is -2.41. The summed E-state index contributed by atoms with van der Waals surface area (Å²) in [6.45, 7) is 2.01. The fourth-order valence-electron chi connectivity index (χ4n) is 5.26. The Labute approximate surface area is 169 Å². The van der Waals surface area contributed by atoms with E-state index in [1.165, 1.54) is 11.4 Å². The van der Waals surface area contributed by atoms with E-state index in [-0.39, 0.29) is 17.0 Å². The summed E-state index contributed by atoms with van der Waals surface area (Å²) in [7, 11) is 0. The molecule has 1 N–H and O–H groups in total. The summed E-state index contributed by atoms with van der Waals surface area (Å²) in [6.07, 6.45) is 6.26. The molecule has 5 heterocycles. The van der Waals surface area contributed by atoms with Gasteiger partial charge in [0.05, 0.1) is 35.5 Å². The molecule has 0 unspecified atom stereocenters. The second-order valence-electron chi connectivity index (χ2n) is 8.41. The number of nitrogens with zero attached hydrogens (tertiary/aromatic N) is 2. The van der Waals surface area contributed by atoms with E-state index in [2.05, 4.69) is 52.5 Å². The standard InChI is InChI=1S/C23H23N3O3/c27-21(19-7-4-14-28-19)25-12-9-22(10-13-25)15-23(16-29-22)20-8-3-11-26(20)18-6-2-1-5-17(18)24-23/h1-8,11,14,24H,9-10,12-13,15-16H2/t23-/m1/s1. The fraction of sp³-hybridized carbons (Fsp3) is 0.348. The minimum Gasteiger partial charge on any atom is -0.459 e. The Bertz CT molecular complexity index is 1060. The fourth-order valence-corrected chi connectivity index (χ4v) is 5.26. The molecule has 3 aliphatic heterocycles. The maximum Gasteiger partial charge on any atom is 0.289 e. The number of ether oxygens (including phenoxy) is 1. The van der Waals surface area contributed by atoms with Gasteiger partial charge < -0.3 is 23.9 Å².